The Morgan fingerprint density at radius 3 is 2.62 bits per heavy atom. The maximum Gasteiger partial charge on any atom is 0.306 e. The number of nitrogens with one attached hydrogen (secondary N) is 2. The third kappa shape index (κ3) is 5.93. The molecule has 3 amide bonds. The number of piperidine rings is 1. The maximum absolute atomic E-state index is 12.3. The van der Waals surface area contributed by atoms with Crippen molar-refractivity contribution in [3.05, 3.63) is 23.9 Å². The predicted molar refractivity (Wildman–Crippen MR) is 119 cm³/mol. The minimum Gasteiger partial charge on any atom is -0.460 e. The number of hydrogen-bond donors (Lipinski definition) is 2. The lowest BCUT2D eigenvalue weighted by atomic mass is 9.93. The molecule has 32 heavy (non-hydrogen) atoms. The van der Waals surface area contributed by atoms with Gasteiger partial charge in [0.15, 0.2) is 0 Å². The first-order valence-electron chi connectivity index (χ1n) is 10.9. The highest BCUT2D eigenvalue weighted by atomic mass is 16.6. The summed E-state index contributed by atoms with van der Waals surface area (Å²) in [6.07, 6.45) is 2.47. The lowest BCUT2D eigenvalue weighted by molar-refractivity contribution is -0.155. The number of carbonyl (C=O) groups excluding carboxylic acids is 4. The van der Waals surface area contributed by atoms with Crippen LogP contribution in [0.4, 0.5) is 5.69 Å². The number of carbonyl (C=O) groups is 4. The highest BCUT2D eigenvalue weighted by molar-refractivity contribution is 6.03. The molecule has 1 saturated heterocycles. The molecule has 1 aliphatic rings. The smallest absolute Gasteiger partial charge is 0.306 e. The van der Waals surface area contributed by atoms with Crippen LogP contribution in [-0.2, 0) is 31.0 Å². The molecule has 1 unspecified atom stereocenters. The van der Waals surface area contributed by atoms with Crippen molar-refractivity contribution < 1.29 is 23.9 Å². The van der Waals surface area contributed by atoms with Gasteiger partial charge in [-0.15, -0.1) is 0 Å². The van der Waals surface area contributed by atoms with Crippen molar-refractivity contribution >= 4 is 40.3 Å². The average Bonchev–Trinajstić information content (AvgIpc) is 3.00. The van der Waals surface area contributed by atoms with Gasteiger partial charge in [-0.2, -0.15) is 5.10 Å². The Morgan fingerprint density at radius 2 is 1.94 bits per heavy atom. The quantitative estimate of drug-likeness (QED) is 0.387. The zero-order chi connectivity index (χ0) is 23.5. The van der Waals surface area contributed by atoms with Crippen LogP contribution in [0.3, 0.4) is 0 Å². The molecule has 1 fully saturated rings. The van der Waals surface area contributed by atoms with E-state index in [9.17, 15) is 19.2 Å². The first-order valence-corrected chi connectivity index (χ1v) is 10.9. The van der Waals surface area contributed by atoms with Crippen molar-refractivity contribution in [2.24, 2.45) is 7.05 Å². The van der Waals surface area contributed by atoms with E-state index in [1.807, 2.05) is 32.9 Å². The van der Waals surface area contributed by atoms with Crippen LogP contribution in [-0.4, -0.2) is 39.1 Å². The van der Waals surface area contributed by atoms with Gasteiger partial charge in [0.1, 0.15) is 5.60 Å². The predicted octanol–water partition coefficient (Wildman–Crippen LogP) is 2.93. The third-order valence-corrected chi connectivity index (χ3v) is 5.19. The van der Waals surface area contributed by atoms with Gasteiger partial charge in [-0.3, -0.25) is 29.2 Å². The fraction of sp³-hybridized carbons (Fsp3) is 0.522. The number of aromatic nitrogens is 2. The topological polar surface area (TPSA) is 119 Å². The van der Waals surface area contributed by atoms with Gasteiger partial charge in [0.25, 0.3) is 0 Å². The lowest BCUT2D eigenvalue weighted by Gasteiger charge is -2.19. The van der Waals surface area contributed by atoms with Gasteiger partial charge in [-0.1, -0.05) is 0 Å². The summed E-state index contributed by atoms with van der Waals surface area (Å²) < 4.78 is 6.93. The van der Waals surface area contributed by atoms with E-state index in [0.717, 1.165) is 10.9 Å². The van der Waals surface area contributed by atoms with E-state index < -0.39 is 11.5 Å². The molecule has 0 spiro atoms. The van der Waals surface area contributed by atoms with E-state index in [4.69, 9.17) is 4.74 Å². The molecule has 0 aliphatic carbocycles. The number of fused-ring (bicyclic) bond motifs is 1. The van der Waals surface area contributed by atoms with Crippen LogP contribution in [0, 0.1) is 0 Å². The van der Waals surface area contributed by atoms with Gasteiger partial charge in [-0.25, -0.2) is 0 Å². The summed E-state index contributed by atoms with van der Waals surface area (Å²) in [5.41, 5.74) is 1.55. The molecule has 172 valence electrons. The Balaban J connectivity index is 1.57. The second kappa shape index (κ2) is 9.50. The largest absolute Gasteiger partial charge is 0.460 e. The third-order valence-electron chi connectivity index (χ3n) is 5.19. The number of ether oxygens (including phenoxy) is 1. The first kappa shape index (κ1) is 23.4. The highest BCUT2D eigenvalue weighted by Crippen LogP contribution is 2.31. The molecule has 1 aliphatic heterocycles. The molecule has 0 bridgehead atoms. The highest BCUT2D eigenvalue weighted by Gasteiger charge is 2.31. The summed E-state index contributed by atoms with van der Waals surface area (Å²) in [5, 5.41) is 10.6. The first-order chi connectivity index (χ1) is 15.0. The fourth-order valence-corrected chi connectivity index (χ4v) is 3.75. The van der Waals surface area contributed by atoms with Gasteiger partial charge in [0.05, 0.1) is 17.1 Å². The molecular formula is C23H30N4O5. The Morgan fingerprint density at radius 1 is 1.22 bits per heavy atom. The summed E-state index contributed by atoms with van der Waals surface area (Å²) >= 11 is 0. The zero-order valence-corrected chi connectivity index (χ0v) is 19.0. The maximum atomic E-state index is 12.3. The van der Waals surface area contributed by atoms with E-state index >= 15 is 0 Å². The second-order valence-corrected chi connectivity index (χ2v) is 9.09. The SMILES string of the molecule is Cn1nc(C2CCC(=O)NC2=O)c2ccc(NC(=O)CCCCC(=O)OC(C)(C)C)cc21. The van der Waals surface area contributed by atoms with Crippen LogP contribution in [0.25, 0.3) is 10.9 Å². The number of nitrogens with zero attached hydrogens (tertiary/aromatic N) is 2. The number of hydrogen-bond acceptors (Lipinski definition) is 6. The Kier molecular flexibility index (Phi) is 6.96. The van der Waals surface area contributed by atoms with Crippen molar-refractivity contribution in [1.82, 2.24) is 15.1 Å². The number of benzene rings is 1. The van der Waals surface area contributed by atoms with E-state index in [0.29, 0.717) is 37.1 Å². The number of imide groups is 1. The van der Waals surface area contributed by atoms with Crippen LogP contribution in [0.5, 0.6) is 0 Å². The number of aryl methyl sites for hydroxylation is 1. The summed E-state index contributed by atoms with van der Waals surface area (Å²) in [6, 6.07) is 5.42. The van der Waals surface area contributed by atoms with Crippen LogP contribution in [0.2, 0.25) is 0 Å². The van der Waals surface area contributed by atoms with Crippen molar-refractivity contribution in [3.8, 4) is 0 Å². The van der Waals surface area contributed by atoms with Gasteiger partial charge in [-0.05, 0) is 58.2 Å². The molecule has 1 aromatic heterocycles. The minimum atomic E-state index is -0.503. The van der Waals surface area contributed by atoms with E-state index in [-0.39, 0.29) is 36.5 Å². The summed E-state index contributed by atoms with van der Waals surface area (Å²) in [5.74, 6) is -1.46. The molecule has 1 aromatic carbocycles. The van der Waals surface area contributed by atoms with Crippen molar-refractivity contribution in [2.45, 2.75) is 70.8 Å². The minimum absolute atomic E-state index is 0.138. The summed E-state index contributed by atoms with van der Waals surface area (Å²) in [6.45, 7) is 5.47. The van der Waals surface area contributed by atoms with Crippen LogP contribution in [0.1, 0.15) is 70.9 Å². The molecule has 2 aromatic rings. The number of anilines is 1. The number of esters is 1. The summed E-state index contributed by atoms with van der Waals surface area (Å²) in [7, 11) is 1.78. The van der Waals surface area contributed by atoms with Gasteiger partial charge in [0.2, 0.25) is 17.7 Å². The van der Waals surface area contributed by atoms with Crippen LogP contribution >= 0.6 is 0 Å². The molecule has 0 radical (unpaired) electrons. The molecule has 0 saturated carbocycles. The van der Waals surface area contributed by atoms with E-state index in [1.165, 1.54) is 0 Å². The van der Waals surface area contributed by atoms with Crippen molar-refractivity contribution in [2.75, 3.05) is 5.32 Å². The second-order valence-electron chi connectivity index (χ2n) is 9.09. The van der Waals surface area contributed by atoms with Crippen LogP contribution in [0.15, 0.2) is 18.2 Å². The number of unbranched alkanes of at least 4 members (excludes halogenated alkanes) is 1. The molecule has 1 atom stereocenters. The van der Waals surface area contributed by atoms with E-state index in [1.54, 1.807) is 17.8 Å². The van der Waals surface area contributed by atoms with Gasteiger partial charge in [0, 0.05) is 37.4 Å². The average molecular weight is 443 g/mol. The summed E-state index contributed by atoms with van der Waals surface area (Å²) in [4.78, 5) is 47.7. The normalized spacial score (nSPS) is 16.7. The number of amides is 3. The molecular weight excluding hydrogens is 412 g/mol. The molecule has 3 rings (SSSR count). The van der Waals surface area contributed by atoms with Gasteiger partial charge < -0.3 is 10.1 Å². The Hall–Kier alpha value is -3.23. The lowest BCUT2D eigenvalue weighted by Crippen LogP contribution is -2.39. The van der Waals surface area contributed by atoms with Crippen molar-refractivity contribution in [3.63, 3.8) is 0 Å². The Bertz CT molecular complexity index is 1050. The van der Waals surface area contributed by atoms with Crippen molar-refractivity contribution in [1.29, 1.82) is 0 Å². The fourth-order valence-electron chi connectivity index (χ4n) is 3.75. The van der Waals surface area contributed by atoms with Crippen LogP contribution < -0.4 is 10.6 Å². The standard InChI is InChI=1S/C23H30N4O5/c1-23(2,3)32-20(30)8-6-5-7-18(28)24-14-9-10-15-17(13-14)27(4)26-21(15)16-11-12-19(29)25-22(16)31/h9-10,13,16H,5-8,11-12H2,1-4H3,(H,24,28)(H,25,29,31). The molecule has 2 N–H and O–H groups in total. The zero-order valence-electron chi connectivity index (χ0n) is 19.0. The Labute approximate surface area is 186 Å². The molecule has 2 heterocycles. The molecule has 9 nitrogen and oxygen atoms in total. The monoisotopic (exact) mass is 442 g/mol. The molecule has 9 heteroatoms. The van der Waals surface area contributed by atoms with E-state index in [2.05, 4.69) is 15.7 Å². The van der Waals surface area contributed by atoms with Gasteiger partial charge >= 0.3 is 5.97 Å². The number of rotatable bonds is 7.